The van der Waals surface area contributed by atoms with E-state index in [2.05, 4.69) is 25.6 Å². The first-order chi connectivity index (χ1) is 9.54. The lowest BCUT2D eigenvalue weighted by Gasteiger charge is -2.29. The molecular formula is C11H14Cl2N6O. The van der Waals surface area contributed by atoms with E-state index in [1.165, 1.54) is 0 Å². The molecule has 0 saturated carbocycles. The number of H-pyrrole nitrogens is 1. The van der Waals surface area contributed by atoms with Crippen molar-refractivity contribution < 1.29 is 4.79 Å². The summed E-state index contributed by atoms with van der Waals surface area (Å²) in [6, 6.07) is -0.541. The summed E-state index contributed by atoms with van der Waals surface area (Å²) in [7, 11) is 0. The monoisotopic (exact) mass is 316 g/mol. The number of hydrogen-bond donors (Lipinski definition) is 3. The average Bonchev–Trinajstić information content (AvgIpc) is 2.69. The van der Waals surface area contributed by atoms with Gasteiger partial charge in [-0.25, -0.2) is 0 Å². The largest absolute Gasteiger partial charge is 0.352 e. The van der Waals surface area contributed by atoms with E-state index in [0.717, 1.165) is 6.54 Å². The molecule has 0 aromatic carbocycles. The molecular weight excluding hydrogens is 303 g/mol. The van der Waals surface area contributed by atoms with Crippen LogP contribution < -0.4 is 10.6 Å². The topological polar surface area (TPSA) is 106 Å². The molecule has 1 saturated heterocycles. The molecule has 1 aliphatic heterocycles. The van der Waals surface area contributed by atoms with Crippen molar-refractivity contribution in [1.29, 1.82) is 0 Å². The molecule has 3 N–H and O–H groups in total. The molecule has 20 heavy (non-hydrogen) atoms. The van der Waals surface area contributed by atoms with Gasteiger partial charge in [0.2, 0.25) is 0 Å². The molecule has 1 aromatic heterocycles. The third kappa shape index (κ3) is 3.02. The van der Waals surface area contributed by atoms with E-state index in [1.54, 1.807) is 6.92 Å². The number of hydrogen-bond acceptors (Lipinski definition) is 3. The van der Waals surface area contributed by atoms with Crippen molar-refractivity contribution in [2.45, 2.75) is 25.4 Å². The molecule has 9 heteroatoms. The van der Waals surface area contributed by atoms with Gasteiger partial charge >= 0.3 is 0 Å². The molecule has 2 rings (SSSR count). The third-order valence-corrected chi connectivity index (χ3v) is 4.19. The van der Waals surface area contributed by atoms with Crippen LogP contribution in [-0.2, 0) is 0 Å². The zero-order valence-electron chi connectivity index (χ0n) is 10.8. The molecule has 0 bridgehead atoms. The number of nitrogens with zero attached hydrogens (tertiary/aromatic N) is 3. The summed E-state index contributed by atoms with van der Waals surface area (Å²) in [5.41, 5.74) is 9.41. The molecule has 108 valence electrons. The quantitative estimate of drug-likeness (QED) is 0.452. The van der Waals surface area contributed by atoms with Gasteiger partial charge < -0.3 is 15.6 Å². The lowest BCUT2D eigenvalue weighted by Crippen LogP contribution is -2.51. The number of amides is 1. The van der Waals surface area contributed by atoms with Gasteiger partial charge in [-0.15, -0.1) is 0 Å². The number of carbonyl (C=O) groups excluding carboxylic acids is 1. The zero-order valence-corrected chi connectivity index (χ0v) is 12.3. The normalized spacial score (nSPS) is 22.1. The molecule has 7 nitrogen and oxygen atoms in total. The van der Waals surface area contributed by atoms with Crippen LogP contribution in [0.1, 0.15) is 22.6 Å². The van der Waals surface area contributed by atoms with Crippen LogP contribution in [0.4, 0.5) is 0 Å². The maximum atomic E-state index is 12.2. The number of rotatable bonds is 3. The van der Waals surface area contributed by atoms with E-state index >= 15 is 0 Å². The molecule has 0 unspecified atom stereocenters. The molecule has 1 aromatic rings. The predicted octanol–water partition coefficient (Wildman–Crippen LogP) is 2.40. The Bertz CT molecular complexity index is 566. The van der Waals surface area contributed by atoms with Crippen LogP contribution in [0.25, 0.3) is 10.4 Å². The van der Waals surface area contributed by atoms with E-state index < -0.39 is 0 Å². The molecule has 1 fully saturated rings. The highest BCUT2D eigenvalue weighted by Gasteiger charge is 2.27. The molecule has 0 radical (unpaired) electrons. The summed E-state index contributed by atoms with van der Waals surface area (Å²) in [5, 5.41) is 10.2. The minimum atomic E-state index is -0.352. The molecule has 1 amide bonds. The number of aryl methyl sites for hydroxylation is 1. The van der Waals surface area contributed by atoms with Gasteiger partial charge in [-0.05, 0) is 25.4 Å². The number of piperidine rings is 1. The minimum absolute atomic E-state index is 0.205. The van der Waals surface area contributed by atoms with Crippen LogP contribution in [0.15, 0.2) is 5.11 Å². The number of carbonyl (C=O) groups is 1. The van der Waals surface area contributed by atoms with Gasteiger partial charge in [0.25, 0.3) is 5.91 Å². The first-order valence-electron chi connectivity index (χ1n) is 6.14. The fourth-order valence-corrected chi connectivity index (χ4v) is 2.58. The van der Waals surface area contributed by atoms with Crippen LogP contribution in [-0.4, -0.2) is 36.1 Å². The maximum absolute atomic E-state index is 12.2. The van der Waals surface area contributed by atoms with Gasteiger partial charge in [-0.2, -0.15) is 0 Å². The Kier molecular flexibility index (Phi) is 4.77. The number of aromatic amines is 1. The van der Waals surface area contributed by atoms with Crippen molar-refractivity contribution >= 4 is 29.1 Å². The SMILES string of the molecule is Cc1[nH]c(C(=O)N[C@@H]2CCNC[C@@H]2N=[N+]=[N-])c(Cl)c1Cl. The minimum Gasteiger partial charge on any atom is -0.352 e. The van der Waals surface area contributed by atoms with Crippen molar-refractivity contribution in [3.63, 3.8) is 0 Å². The lowest BCUT2D eigenvalue weighted by atomic mass is 10.0. The van der Waals surface area contributed by atoms with Crippen LogP contribution in [0.3, 0.4) is 0 Å². The van der Waals surface area contributed by atoms with Gasteiger partial charge in [-0.3, -0.25) is 4.79 Å². The Morgan fingerprint density at radius 1 is 1.50 bits per heavy atom. The van der Waals surface area contributed by atoms with Crippen LogP contribution in [0.2, 0.25) is 10.0 Å². The van der Waals surface area contributed by atoms with Crippen molar-refractivity contribution in [2.24, 2.45) is 5.11 Å². The second-order valence-corrected chi connectivity index (χ2v) is 5.35. The maximum Gasteiger partial charge on any atom is 0.269 e. The Hall–Kier alpha value is -1.40. The first kappa shape index (κ1) is 15.0. The van der Waals surface area contributed by atoms with Crippen LogP contribution in [0.5, 0.6) is 0 Å². The highest BCUT2D eigenvalue weighted by atomic mass is 35.5. The van der Waals surface area contributed by atoms with Crippen molar-refractivity contribution in [3.8, 4) is 0 Å². The highest BCUT2D eigenvalue weighted by molar-refractivity contribution is 6.44. The molecule has 2 heterocycles. The molecule has 2 atom stereocenters. The summed E-state index contributed by atoms with van der Waals surface area (Å²) < 4.78 is 0. The molecule has 0 aliphatic carbocycles. The Morgan fingerprint density at radius 3 is 2.85 bits per heavy atom. The van der Waals surface area contributed by atoms with Crippen molar-refractivity contribution in [3.05, 3.63) is 31.9 Å². The van der Waals surface area contributed by atoms with E-state index in [-0.39, 0.29) is 28.7 Å². The highest BCUT2D eigenvalue weighted by Crippen LogP contribution is 2.29. The second kappa shape index (κ2) is 6.37. The summed E-state index contributed by atoms with van der Waals surface area (Å²) in [6.45, 7) is 3.02. The molecule has 0 spiro atoms. The summed E-state index contributed by atoms with van der Waals surface area (Å²) in [5.74, 6) is -0.352. The summed E-state index contributed by atoms with van der Waals surface area (Å²) in [6.07, 6.45) is 0.681. The van der Waals surface area contributed by atoms with E-state index in [9.17, 15) is 4.79 Å². The van der Waals surface area contributed by atoms with Gasteiger partial charge in [-0.1, -0.05) is 28.3 Å². The van der Waals surface area contributed by atoms with Gasteiger partial charge in [0.1, 0.15) is 5.69 Å². The van der Waals surface area contributed by atoms with Crippen LogP contribution in [0, 0.1) is 6.92 Å². The van der Waals surface area contributed by atoms with Gasteiger partial charge in [0.15, 0.2) is 0 Å². The molecule has 1 aliphatic rings. The van der Waals surface area contributed by atoms with E-state index in [4.69, 9.17) is 28.7 Å². The van der Waals surface area contributed by atoms with Crippen molar-refractivity contribution in [2.75, 3.05) is 13.1 Å². The first-order valence-corrected chi connectivity index (χ1v) is 6.89. The van der Waals surface area contributed by atoms with Crippen molar-refractivity contribution in [1.82, 2.24) is 15.6 Å². The Labute approximate surface area is 125 Å². The van der Waals surface area contributed by atoms with Gasteiger partial charge in [0, 0.05) is 23.2 Å². The summed E-state index contributed by atoms with van der Waals surface area (Å²) in [4.78, 5) is 17.9. The number of halogens is 2. The predicted molar refractivity (Wildman–Crippen MR) is 77.2 cm³/mol. The lowest BCUT2D eigenvalue weighted by molar-refractivity contribution is 0.0919. The zero-order chi connectivity index (χ0) is 14.7. The Morgan fingerprint density at radius 2 is 2.25 bits per heavy atom. The fraction of sp³-hybridized carbons (Fsp3) is 0.545. The Balaban J connectivity index is 2.13. The third-order valence-electron chi connectivity index (χ3n) is 3.25. The van der Waals surface area contributed by atoms with Gasteiger partial charge in [0.05, 0.1) is 16.1 Å². The fourth-order valence-electron chi connectivity index (χ4n) is 2.17. The number of nitrogens with one attached hydrogen (secondary N) is 3. The second-order valence-electron chi connectivity index (χ2n) is 4.60. The average molecular weight is 317 g/mol. The van der Waals surface area contributed by atoms with Crippen LogP contribution >= 0.6 is 23.2 Å². The summed E-state index contributed by atoms with van der Waals surface area (Å²) >= 11 is 11.9. The van der Waals surface area contributed by atoms with E-state index in [1.807, 2.05) is 0 Å². The number of azide groups is 1. The number of aromatic nitrogens is 1. The smallest absolute Gasteiger partial charge is 0.269 e. The van der Waals surface area contributed by atoms with E-state index in [0.29, 0.717) is 23.7 Å². The standard InChI is InChI=1S/C11H14Cl2N6O/c1-5-8(12)9(13)10(16-5)11(20)17-6-2-3-15-4-7(6)18-19-14/h6-7,15-16H,2-4H2,1H3,(H,17,20)/t6-,7+/m1/s1.